The topological polar surface area (TPSA) is 15.7 Å². The molecule has 0 amide bonds. The van der Waals surface area contributed by atoms with E-state index in [9.17, 15) is 0 Å². The molecule has 2 aliphatic carbocycles. The summed E-state index contributed by atoms with van der Waals surface area (Å²) in [6.45, 7) is 4.74. The van der Waals surface area contributed by atoms with E-state index in [1.165, 1.54) is 55.6 Å². The Morgan fingerprint density at radius 3 is 1.58 bits per heavy atom. The van der Waals surface area contributed by atoms with Crippen LogP contribution in [-0.4, -0.2) is 0 Å². The maximum Gasteiger partial charge on any atom is 0.138 e. The molecule has 3 nitrogen and oxygen atoms in total. The fraction of sp³-hybridized carbons (Fsp3) is 0.0588. The van der Waals surface area contributed by atoms with Crippen LogP contribution in [0, 0.1) is 0 Å². The van der Waals surface area contributed by atoms with E-state index in [0.29, 0.717) is 0 Å². The summed E-state index contributed by atoms with van der Waals surface area (Å²) in [6.07, 6.45) is 0. The third-order valence-electron chi connectivity index (χ3n) is 15.5. The normalized spacial score (nSPS) is 13.8. The lowest BCUT2D eigenvalue weighted by Gasteiger charge is -2.34. The van der Waals surface area contributed by atoms with Gasteiger partial charge in [0, 0.05) is 50.7 Å². The average molecular weight is 909 g/mol. The third kappa shape index (κ3) is 6.09. The van der Waals surface area contributed by atoms with Gasteiger partial charge in [-0.25, -0.2) is 0 Å². The molecule has 11 aromatic carbocycles. The van der Waals surface area contributed by atoms with Crippen LogP contribution in [0.4, 0.5) is 34.1 Å². The molecule has 0 spiro atoms. The Morgan fingerprint density at radius 2 is 0.873 bits per heavy atom. The van der Waals surface area contributed by atoms with E-state index >= 15 is 0 Å². The van der Waals surface area contributed by atoms with Crippen molar-refractivity contribution in [3.63, 3.8) is 0 Å². The summed E-state index contributed by atoms with van der Waals surface area (Å²) in [7, 11) is 0. The molecule has 0 fully saturated rings. The summed E-state index contributed by atoms with van der Waals surface area (Å²) >= 11 is 0. The molecular weight excluding hydrogens is 861 g/mol. The predicted molar refractivity (Wildman–Crippen MR) is 294 cm³/mol. The van der Waals surface area contributed by atoms with Crippen LogP contribution in [0.15, 0.2) is 255 Å². The van der Waals surface area contributed by atoms with E-state index < -0.39 is 5.41 Å². The molecule has 0 aromatic heterocycles. The van der Waals surface area contributed by atoms with Gasteiger partial charge >= 0.3 is 0 Å². The van der Waals surface area contributed by atoms with E-state index in [2.05, 4.69) is 278 Å². The third-order valence-corrected chi connectivity index (χ3v) is 15.5. The second-order valence-electron chi connectivity index (χ2n) is 19.6. The Hall–Kier alpha value is -8.92. The Morgan fingerprint density at radius 1 is 0.324 bits per heavy atom. The Labute approximate surface area is 415 Å². The minimum absolute atomic E-state index is 0.193. The molecule has 1 aliphatic heterocycles. The smallest absolute Gasteiger partial charge is 0.138 e. The first-order chi connectivity index (χ1) is 35.0. The highest BCUT2D eigenvalue weighted by atomic mass is 16.5. The summed E-state index contributed by atoms with van der Waals surface area (Å²) in [5.41, 5.74) is 20.7. The summed E-state index contributed by atoms with van der Waals surface area (Å²) in [6, 6.07) is 93.3. The van der Waals surface area contributed by atoms with Crippen LogP contribution in [0.25, 0.3) is 44.2 Å². The minimum Gasteiger partial charge on any atom is -0.456 e. The van der Waals surface area contributed by atoms with E-state index in [0.717, 1.165) is 67.5 Å². The van der Waals surface area contributed by atoms with Gasteiger partial charge < -0.3 is 14.5 Å². The van der Waals surface area contributed by atoms with Crippen molar-refractivity contribution in [1.29, 1.82) is 0 Å². The van der Waals surface area contributed by atoms with Crippen LogP contribution in [0.3, 0.4) is 0 Å². The molecule has 0 saturated heterocycles. The van der Waals surface area contributed by atoms with Gasteiger partial charge in [-0.15, -0.1) is 0 Å². The van der Waals surface area contributed by atoms with E-state index in [4.69, 9.17) is 4.74 Å². The van der Waals surface area contributed by atoms with Gasteiger partial charge in [0.1, 0.15) is 11.5 Å². The number of ether oxygens (including phenoxy) is 1. The van der Waals surface area contributed by atoms with Crippen molar-refractivity contribution in [2.24, 2.45) is 0 Å². The summed E-state index contributed by atoms with van der Waals surface area (Å²) in [5, 5.41) is 2.22. The number of para-hydroxylation sites is 2. The number of fused-ring (bicyclic) bond motifs is 8. The van der Waals surface area contributed by atoms with Gasteiger partial charge in [-0.05, 0) is 128 Å². The van der Waals surface area contributed by atoms with Gasteiger partial charge in [0.05, 0.1) is 16.8 Å². The number of nitrogens with zero attached hydrogens (tertiary/aromatic N) is 2. The van der Waals surface area contributed by atoms with Crippen molar-refractivity contribution in [2.75, 3.05) is 9.80 Å². The lowest BCUT2D eigenvalue weighted by atomic mass is 9.68. The van der Waals surface area contributed by atoms with Gasteiger partial charge in [-0.3, -0.25) is 0 Å². The summed E-state index contributed by atoms with van der Waals surface area (Å²) < 4.78 is 7.16. The fourth-order valence-corrected chi connectivity index (χ4v) is 12.4. The number of hydrogen-bond donors (Lipinski definition) is 0. The summed E-state index contributed by atoms with van der Waals surface area (Å²) in [5.74, 6) is 1.67. The van der Waals surface area contributed by atoms with Crippen LogP contribution in [-0.2, 0) is 10.8 Å². The second-order valence-corrected chi connectivity index (χ2v) is 19.6. The zero-order valence-electron chi connectivity index (χ0n) is 39.6. The van der Waals surface area contributed by atoms with Crippen molar-refractivity contribution >= 4 is 44.9 Å². The van der Waals surface area contributed by atoms with Gasteiger partial charge in [0.25, 0.3) is 0 Å². The zero-order valence-corrected chi connectivity index (χ0v) is 39.6. The molecular formula is C68H48N2O. The van der Waals surface area contributed by atoms with E-state index in [1.807, 2.05) is 0 Å². The SMILES string of the molecule is CC1(C)c2ccccc2-c2ccc(N(c3cc4c5c(cccc5c3)-c3cc(N(c5ccccc5)c5ccccc5)ccc3O4)c3cccc4c3-c3ccccc3C4(c3ccccc3)c3ccccc3)cc21. The van der Waals surface area contributed by atoms with E-state index in [-0.39, 0.29) is 5.41 Å². The van der Waals surface area contributed by atoms with Crippen LogP contribution >= 0.6 is 0 Å². The van der Waals surface area contributed by atoms with Crippen molar-refractivity contribution < 1.29 is 4.74 Å². The number of hydrogen-bond acceptors (Lipinski definition) is 3. The Balaban J connectivity index is 0.998. The van der Waals surface area contributed by atoms with Crippen LogP contribution < -0.4 is 14.5 Å². The van der Waals surface area contributed by atoms with Crippen molar-refractivity contribution in [2.45, 2.75) is 24.7 Å². The van der Waals surface area contributed by atoms with Crippen molar-refractivity contribution in [3.05, 3.63) is 288 Å². The molecule has 3 aliphatic rings. The molecule has 0 unspecified atom stereocenters. The standard InChI is InChI=1S/C68H48N2O/c1-67(2)58-33-17-15-30-53(58)54-39-37-51(43-61(54)67)70(62-36-20-35-60-66(62)56-31-16-18-34-59(56)68(60,46-22-7-3-8-23-46)47-24-9-4-10-25-47)52-41-45-21-19-32-55-57-42-50(38-40-63(57)71-64(44-52)65(45)55)69(48-26-11-5-12-27-48)49-28-13-6-14-29-49/h3-44H,1-2H3. The molecule has 0 radical (unpaired) electrons. The monoisotopic (exact) mass is 908 g/mol. The zero-order chi connectivity index (χ0) is 47.3. The second kappa shape index (κ2) is 15.8. The molecule has 1 heterocycles. The number of rotatable bonds is 8. The van der Waals surface area contributed by atoms with Gasteiger partial charge in [-0.2, -0.15) is 0 Å². The molecule has 0 N–H and O–H groups in total. The van der Waals surface area contributed by atoms with Gasteiger partial charge in [0.15, 0.2) is 0 Å². The molecule has 11 aromatic rings. The molecule has 0 saturated carbocycles. The molecule has 3 heteroatoms. The lowest BCUT2D eigenvalue weighted by molar-refractivity contribution is 0.487. The molecule has 336 valence electrons. The summed E-state index contributed by atoms with van der Waals surface area (Å²) in [4.78, 5) is 4.82. The first kappa shape index (κ1) is 41.1. The highest BCUT2D eigenvalue weighted by Crippen LogP contribution is 2.61. The van der Waals surface area contributed by atoms with Crippen LogP contribution in [0.5, 0.6) is 11.5 Å². The fourth-order valence-electron chi connectivity index (χ4n) is 12.4. The van der Waals surface area contributed by atoms with Crippen molar-refractivity contribution in [1.82, 2.24) is 0 Å². The lowest BCUT2D eigenvalue weighted by Crippen LogP contribution is -2.28. The predicted octanol–water partition coefficient (Wildman–Crippen LogP) is 18.2. The Bertz CT molecular complexity index is 3800. The van der Waals surface area contributed by atoms with Crippen LogP contribution in [0.2, 0.25) is 0 Å². The molecule has 14 rings (SSSR count). The maximum atomic E-state index is 7.16. The van der Waals surface area contributed by atoms with Gasteiger partial charge in [-0.1, -0.05) is 196 Å². The van der Waals surface area contributed by atoms with Gasteiger partial charge in [0.2, 0.25) is 0 Å². The molecule has 0 atom stereocenters. The van der Waals surface area contributed by atoms with Crippen molar-refractivity contribution in [3.8, 4) is 44.9 Å². The Kier molecular flexibility index (Phi) is 9.15. The van der Waals surface area contributed by atoms with Crippen LogP contribution in [0.1, 0.15) is 47.2 Å². The molecule has 71 heavy (non-hydrogen) atoms. The largest absolute Gasteiger partial charge is 0.456 e. The van der Waals surface area contributed by atoms with E-state index in [1.54, 1.807) is 0 Å². The maximum absolute atomic E-state index is 7.16. The first-order valence-corrected chi connectivity index (χ1v) is 24.7. The molecule has 0 bridgehead atoms. The minimum atomic E-state index is -0.551. The number of benzene rings is 11. The quantitative estimate of drug-likeness (QED) is 0.151. The average Bonchev–Trinajstić information content (AvgIpc) is 3.86. The highest BCUT2D eigenvalue weighted by molar-refractivity contribution is 6.08. The highest BCUT2D eigenvalue weighted by Gasteiger charge is 2.47. The first-order valence-electron chi connectivity index (χ1n) is 24.7. The number of anilines is 6.